The lowest BCUT2D eigenvalue weighted by atomic mass is 10.1. The van der Waals surface area contributed by atoms with Crippen molar-refractivity contribution in [3.8, 4) is 11.3 Å². The Balaban J connectivity index is 1.54. The van der Waals surface area contributed by atoms with E-state index in [2.05, 4.69) is 10.3 Å². The third kappa shape index (κ3) is 3.32. The maximum Gasteiger partial charge on any atom is 0.255 e. The summed E-state index contributed by atoms with van der Waals surface area (Å²) in [7, 11) is 0. The van der Waals surface area contributed by atoms with Crippen LogP contribution in [0.2, 0.25) is 5.02 Å². The van der Waals surface area contributed by atoms with Crippen molar-refractivity contribution in [3.05, 3.63) is 89.2 Å². The van der Waals surface area contributed by atoms with E-state index in [1.54, 1.807) is 0 Å². The first kappa shape index (κ1) is 16.4. The summed E-state index contributed by atoms with van der Waals surface area (Å²) in [5, 5.41) is 4.54. The fraction of sp³-hybridized carbons (Fsp3) is 0. The van der Waals surface area contributed by atoms with Gasteiger partial charge in [0.05, 0.1) is 0 Å². The third-order valence-corrected chi connectivity index (χ3v) is 4.38. The number of halogens is 2. The summed E-state index contributed by atoms with van der Waals surface area (Å²) in [6.07, 6.45) is 0. The molecule has 0 atom stereocenters. The summed E-state index contributed by atoms with van der Waals surface area (Å²) < 4.78 is 12.9. The van der Waals surface area contributed by atoms with Gasteiger partial charge in [-0.15, -0.1) is 0 Å². The van der Waals surface area contributed by atoms with E-state index in [9.17, 15) is 9.18 Å². The molecule has 0 saturated heterocycles. The Morgan fingerprint density at radius 3 is 2.38 bits per heavy atom. The zero-order valence-corrected chi connectivity index (χ0v) is 14.3. The zero-order valence-electron chi connectivity index (χ0n) is 13.6. The molecule has 5 heteroatoms. The quantitative estimate of drug-likeness (QED) is 0.468. The number of carbonyl (C=O) groups is 1. The minimum absolute atomic E-state index is 0.280. The van der Waals surface area contributed by atoms with Crippen molar-refractivity contribution in [3.63, 3.8) is 0 Å². The normalized spacial score (nSPS) is 10.8. The molecule has 0 unspecified atom stereocenters. The first-order valence-electron chi connectivity index (χ1n) is 8.04. The van der Waals surface area contributed by atoms with Crippen LogP contribution >= 0.6 is 11.6 Å². The molecule has 26 heavy (non-hydrogen) atoms. The molecule has 0 fully saturated rings. The summed E-state index contributed by atoms with van der Waals surface area (Å²) in [6, 6.07) is 20.7. The Bertz CT molecular complexity index is 1090. The number of anilines is 1. The van der Waals surface area contributed by atoms with Gasteiger partial charge in [-0.1, -0.05) is 23.7 Å². The Hall–Kier alpha value is -3.11. The van der Waals surface area contributed by atoms with Gasteiger partial charge in [0.1, 0.15) is 5.82 Å². The molecular weight excluding hydrogens is 351 g/mol. The van der Waals surface area contributed by atoms with Gasteiger partial charge >= 0.3 is 0 Å². The summed E-state index contributed by atoms with van der Waals surface area (Å²) in [5.74, 6) is -0.650. The topological polar surface area (TPSA) is 44.9 Å². The number of hydrogen-bond donors (Lipinski definition) is 2. The van der Waals surface area contributed by atoms with Crippen molar-refractivity contribution in [2.75, 3.05) is 5.32 Å². The molecule has 128 valence electrons. The monoisotopic (exact) mass is 364 g/mol. The first-order chi connectivity index (χ1) is 12.6. The van der Waals surface area contributed by atoms with Gasteiger partial charge in [0, 0.05) is 32.9 Å². The second kappa shape index (κ2) is 6.65. The Morgan fingerprint density at radius 1 is 0.923 bits per heavy atom. The summed E-state index contributed by atoms with van der Waals surface area (Å²) in [6.45, 7) is 0. The molecule has 0 saturated carbocycles. The summed E-state index contributed by atoms with van der Waals surface area (Å²) in [5.41, 5.74) is 4.05. The van der Waals surface area contributed by atoms with Crippen LogP contribution in [0.1, 0.15) is 10.4 Å². The molecule has 1 amide bonds. The van der Waals surface area contributed by atoms with Crippen LogP contribution in [0, 0.1) is 5.82 Å². The minimum atomic E-state index is -0.370. The lowest BCUT2D eigenvalue weighted by Gasteiger charge is -2.06. The number of fused-ring (bicyclic) bond motifs is 1. The maximum atomic E-state index is 12.9. The number of aromatic amines is 1. The highest BCUT2D eigenvalue weighted by molar-refractivity contribution is 6.31. The second-order valence-corrected chi connectivity index (χ2v) is 6.39. The highest BCUT2D eigenvalue weighted by atomic mass is 35.5. The number of benzene rings is 3. The molecule has 0 aliphatic heterocycles. The number of rotatable bonds is 3. The second-order valence-electron chi connectivity index (χ2n) is 5.95. The number of H-pyrrole nitrogens is 1. The van der Waals surface area contributed by atoms with E-state index < -0.39 is 0 Å². The molecule has 2 N–H and O–H groups in total. The van der Waals surface area contributed by atoms with Gasteiger partial charge in [-0.25, -0.2) is 4.39 Å². The fourth-order valence-corrected chi connectivity index (χ4v) is 2.98. The van der Waals surface area contributed by atoms with E-state index in [-0.39, 0.29) is 11.7 Å². The Kier molecular flexibility index (Phi) is 4.19. The van der Waals surface area contributed by atoms with Gasteiger partial charge < -0.3 is 10.3 Å². The molecule has 4 aromatic rings. The van der Waals surface area contributed by atoms with Gasteiger partial charge in [-0.2, -0.15) is 0 Å². The highest BCUT2D eigenvalue weighted by Crippen LogP contribution is 2.27. The number of aromatic nitrogens is 1. The lowest BCUT2D eigenvalue weighted by molar-refractivity contribution is 0.102. The molecule has 1 aromatic heterocycles. The number of carbonyl (C=O) groups excluding carboxylic acids is 1. The van der Waals surface area contributed by atoms with E-state index in [0.717, 1.165) is 22.2 Å². The van der Waals surface area contributed by atoms with Crippen LogP contribution < -0.4 is 5.32 Å². The molecule has 3 aromatic carbocycles. The van der Waals surface area contributed by atoms with Crippen molar-refractivity contribution in [2.24, 2.45) is 0 Å². The molecule has 0 radical (unpaired) electrons. The zero-order chi connectivity index (χ0) is 18.1. The van der Waals surface area contributed by atoms with E-state index >= 15 is 0 Å². The van der Waals surface area contributed by atoms with Gasteiger partial charge in [0.15, 0.2) is 0 Å². The van der Waals surface area contributed by atoms with Gasteiger partial charge in [0.25, 0.3) is 5.91 Å². The standard InChI is InChI=1S/C21H14ClFN2O/c22-16-5-10-19-15(11-16)12-20(25-19)13-3-8-18(9-4-13)24-21(26)14-1-6-17(23)7-2-14/h1-12,25H,(H,24,26). The van der Waals surface area contributed by atoms with E-state index in [1.165, 1.54) is 24.3 Å². The predicted octanol–water partition coefficient (Wildman–Crippen LogP) is 5.88. The van der Waals surface area contributed by atoms with Crippen molar-refractivity contribution >= 4 is 34.1 Å². The van der Waals surface area contributed by atoms with Crippen molar-refractivity contribution in [2.45, 2.75) is 0 Å². The third-order valence-electron chi connectivity index (χ3n) is 4.14. The molecule has 0 aliphatic rings. The molecule has 4 rings (SSSR count). The van der Waals surface area contributed by atoms with Crippen molar-refractivity contribution < 1.29 is 9.18 Å². The summed E-state index contributed by atoms with van der Waals surface area (Å²) >= 11 is 6.03. The Morgan fingerprint density at radius 2 is 1.65 bits per heavy atom. The average molecular weight is 365 g/mol. The first-order valence-corrected chi connectivity index (χ1v) is 8.42. The smallest absolute Gasteiger partial charge is 0.255 e. The van der Waals surface area contributed by atoms with Crippen LogP contribution in [0.4, 0.5) is 10.1 Å². The maximum absolute atomic E-state index is 12.9. The summed E-state index contributed by atoms with van der Waals surface area (Å²) in [4.78, 5) is 15.5. The largest absolute Gasteiger partial charge is 0.355 e. The van der Waals surface area contributed by atoms with Crippen molar-refractivity contribution in [1.82, 2.24) is 4.98 Å². The number of nitrogens with one attached hydrogen (secondary N) is 2. The van der Waals surface area contributed by atoms with Gasteiger partial charge in [0.2, 0.25) is 0 Å². The molecule has 1 heterocycles. The highest BCUT2D eigenvalue weighted by Gasteiger charge is 2.08. The number of hydrogen-bond acceptors (Lipinski definition) is 1. The van der Waals surface area contributed by atoms with Crippen LogP contribution in [-0.2, 0) is 0 Å². The lowest BCUT2D eigenvalue weighted by Crippen LogP contribution is -2.11. The van der Waals surface area contributed by atoms with Gasteiger partial charge in [-0.3, -0.25) is 4.79 Å². The molecule has 0 aliphatic carbocycles. The molecular formula is C21H14ClFN2O. The van der Waals surface area contributed by atoms with Crippen LogP contribution in [0.15, 0.2) is 72.8 Å². The van der Waals surface area contributed by atoms with Crippen LogP contribution in [0.25, 0.3) is 22.2 Å². The molecule has 0 bridgehead atoms. The minimum Gasteiger partial charge on any atom is -0.355 e. The molecule has 0 spiro atoms. The van der Waals surface area contributed by atoms with Crippen molar-refractivity contribution in [1.29, 1.82) is 0 Å². The van der Waals surface area contributed by atoms with Crippen LogP contribution in [0.3, 0.4) is 0 Å². The van der Waals surface area contributed by atoms with Crippen LogP contribution in [0.5, 0.6) is 0 Å². The predicted molar refractivity (Wildman–Crippen MR) is 103 cm³/mol. The van der Waals surface area contributed by atoms with Gasteiger partial charge in [-0.05, 0) is 66.2 Å². The van der Waals surface area contributed by atoms with E-state index in [1.807, 2.05) is 48.5 Å². The fourth-order valence-electron chi connectivity index (χ4n) is 2.80. The van der Waals surface area contributed by atoms with E-state index in [4.69, 9.17) is 11.6 Å². The molecule has 3 nitrogen and oxygen atoms in total. The van der Waals surface area contributed by atoms with Crippen LogP contribution in [-0.4, -0.2) is 10.9 Å². The average Bonchev–Trinajstić information content (AvgIpc) is 3.06. The Labute approximate surface area is 154 Å². The number of amides is 1. The SMILES string of the molecule is O=C(Nc1ccc(-c2cc3cc(Cl)ccc3[nH]2)cc1)c1ccc(F)cc1. The van der Waals surface area contributed by atoms with E-state index in [0.29, 0.717) is 16.3 Å².